The Morgan fingerprint density at radius 3 is 2.71 bits per heavy atom. The summed E-state index contributed by atoms with van der Waals surface area (Å²) in [5.74, 6) is 4.43. The zero-order valence-electron chi connectivity index (χ0n) is 10.6. The molecule has 0 aliphatic rings. The first-order valence-electron chi connectivity index (χ1n) is 5.76. The molecule has 0 aliphatic heterocycles. The molecule has 0 aliphatic carbocycles. The third-order valence-electron chi connectivity index (χ3n) is 2.63. The van der Waals surface area contributed by atoms with Gasteiger partial charge >= 0.3 is 6.18 Å². The van der Waals surface area contributed by atoms with Crippen LogP contribution in [-0.4, -0.2) is 10.9 Å². The first-order valence-corrected chi connectivity index (χ1v) is 6.64. The fraction of sp³-hybridized carbons (Fsp3) is 0.167. The van der Waals surface area contributed by atoms with Crippen molar-refractivity contribution in [1.29, 1.82) is 0 Å². The summed E-state index contributed by atoms with van der Waals surface area (Å²) in [5.41, 5.74) is 0.577. The first-order chi connectivity index (χ1) is 9.91. The molecule has 2 aromatic rings. The molecule has 0 atom stereocenters. The highest BCUT2D eigenvalue weighted by atomic mass is 32.1. The van der Waals surface area contributed by atoms with Crippen molar-refractivity contribution in [2.24, 2.45) is 5.84 Å². The van der Waals surface area contributed by atoms with E-state index in [9.17, 15) is 18.0 Å². The molecule has 9 heteroatoms. The molecule has 112 valence electrons. The van der Waals surface area contributed by atoms with Gasteiger partial charge in [-0.25, -0.2) is 4.98 Å². The molecule has 4 N–H and O–H groups in total. The smallest absolute Gasteiger partial charge is 0.346 e. The second-order valence-electron chi connectivity index (χ2n) is 4.01. The zero-order chi connectivity index (χ0) is 15.5. The van der Waals surface area contributed by atoms with Crippen molar-refractivity contribution in [1.82, 2.24) is 10.3 Å². The topological polar surface area (TPSA) is 80.0 Å². The Morgan fingerprint density at radius 1 is 1.38 bits per heavy atom. The molecular formula is C12H11F3N4OS. The molecule has 5 nitrogen and oxygen atoms in total. The van der Waals surface area contributed by atoms with Gasteiger partial charge in [-0.1, -0.05) is 0 Å². The number of thiazole rings is 1. The van der Waals surface area contributed by atoms with Crippen molar-refractivity contribution in [3.05, 3.63) is 45.9 Å². The Balaban J connectivity index is 2.17. The summed E-state index contributed by atoms with van der Waals surface area (Å²) in [6.45, 7) is 0.161. The minimum atomic E-state index is -4.60. The van der Waals surface area contributed by atoms with Crippen molar-refractivity contribution in [2.75, 3.05) is 5.43 Å². The summed E-state index contributed by atoms with van der Waals surface area (Å²) in [6, 6.07) is 3.13. The summed E-state index contributed by atoms with van der Waals surface area (Å²) < 4.78 is 38.6. The highest BCUT2D eigenvalue weighted by molar-refractivity contribution is 7.09. The largest absolute Gasteiger partial charge is 0.418 e. The van der Waals surface area contributed by atoms with Crippen molar-refractivity contribution < 1.29 is 18.0 Å². The van der Waals surface area contributed by atoms with Gasteiger partial charge in [0.25, 0.3) is 5.91 Å². The standard InChI is InChI=1S/C12H11F3N4OS/c13-12(14,15)8-5-7(1-2-9(8)19-16)11(20)18-6-10-17-3-4-21-10/h1-5,19H,6,16H2,(H,18,20). The van der Waals surface area contributed by atoms with Gasteiger partial charge in [-0.15, -0.1) is 11.3 Å². The van der Waals surface area contributed by atoms with Gasteiger partial charge in [-0.3, -0.25) is 10.6 Å². The number of aromatic nitrogens is 1. The number of nitrogen functional groups attached to an aromatic ring is 1. The molecule has 0 unspecified atom stereocenters. The first kappa shape index (κ1) is 15.3. The molecule has 0 bridgehead atoms. The van der Waals surface area contributed by atoms with Crippen molar-refractivity contribution in [3.63, 3.8) is 0 Å². The number of nitrogens with one attached hydrogen (secondary N) is 2. The third kappa shape index (κ3) is 3.70. The van der Waals surface area contributed by atoms with Crippen LogP contribution in [0, 0.1) is 0 Å². The predicted octanol–water partition coefficient (Wildman–Crippen LogP) is 2.38. The number of carbonyl (C=O) groups excluding carboxylic acids is 1. The highest BCUT2D eigenvalue weighted by Gasteiger charge is 2.34. The second kappa shape index (κ2) is 6.10. The van der Waals surface area contributed by atoms with Gasteiger partial charge in [0.05, 0.1) is 17.8 Å². The number of rotatable bonds is 4. The summed E-state index contributed by atoms with van der Waals surface area (Å²) in [7, 11) is 0. The van der Waals surface area contributed by atoms with Crippen LogP contribution in [0.1, 0.15) is 20.9 Å². The molecule has 1 amide bonds. The van der Waals surface area contributed by atoms with Crippen LogP contribution >= 0.6 is 11.3 Å². The number of anilines is 1. The molecule has 1 aromatic heterocycles. The molecular weight excluding hydrogens is 305 g/mol. The number of nitrogens with zero attached hydrogens (tertiary/aromatic N) is 1. The molecule has 1 heterocycles. The lowest BCUT2D eigenvalue weighted by Gasteiger charge is -2.13. The van der Waals surface area contributed by atoms with Crippen LogP contribution in [0.2, 0.25) is 0 Å². The Labute approximate surface area is 122 Å². The average Bonchev–Trinajstić information content (AvgIpc) is 2.96. The maximum atomic E-state index is 12.9. The maximum absolute atomic E-state index is 12.9. The SMILES string of the molecule is NNc1ccc(C(=O)NCc2nccs2)cc1C(F)(F)F. The molecule has 0 spiro atoms. The van der Waals surface area contributed by atoms with Crippen LogP contribution in [0.15, 0.2) is 29.8 Å². The lowest BCUT2D eigenvalue weighted by molar-refractivity contribution is -0.137. The van der Waals surface area contributed by atoms with Crippen LogP contribution in [-0.2, 0) is 12.7 Å². The number of alkyl halides is 3. The van der Waals surface area contributed by atoms with Gasteiger partial charge in [0.1, 0.15) is 5.01 Å². The van der Waals surface area contributed by atoms with E-state index in [0.29, 0.717) is 5.01 Å². The van der Waals surface area contributed by atoms with Crippen LogP contribution in [0.25, 0.3) is 0 Å². The van der Waals surface area contributed by atoms with E-state index in [0.717, 1.165) is 12.1 Å². The molecule has 2 rings (SSSR count). The van der Waals surface area contributed by atoms with Gasteiger partial charge in [-0.2, -0.15) is 13.2 Å². The number of nitrogens with two attached hydrogens (primary N) is 1. The number of benzene rings is 1. The Bertz CT molecular complexity index is 628. The maximum Gasteiger partial charge on any atom is 0.418 e. The normalized spacial score (nSPS) is 11.2. The number of hydrogen-bond donors (Lipinski definition) is 3. The number of hydrogen-bond acceptors (Lipinski definition) is 5. The Hall–Kier alpha value is -2.13. The molecule has 0 saturated carbocycles. The van der Waals surface area contributed by atoms with E-state index in [-0.39, 0.29) is 17.8 Å². The Kier molecular flexibility index (Phi) is 4.43. The van der Waals surface area contributed by atoms with Gasteiger partial charge in [0, 0.05) is 17.1 Å². The summed E-state index contributed by atoms with van der Waals surface area (Å²) in [4.78, 5) is 15.8. The van der Waals surface area contributed by atoms with Crippen LogP contribution in [0.4, 0.5) is 18.9 Å². The average molecular weight is 316 g/mol. The number of amides is 1. The van der Waals surface area contributed by atoms with Crippen molar-refractivity contribution in [3.8, 4) is 0 Å². The summed E-state index contributed by atoms with van der Waals surface area (Å²) in [6.07, 6.45) is -3.02. The number of hydrazine groups is 1. The lowest BCUT2D eigenvalue weighted by Crippen LogP contribution is -2.24. The van der Waals surface area contributed by atoms with Crippen LogP contribution < -0.4 is 16.6 Å². The quantitative estimate of drug-likeness (QED) is 0.597. The van der Waals surface area contributed by atoms with Crippen molar-refractivity contribution in [2.45, 2.75) is 12.7 Å². The van der Waals surface area contributed by atoms with Crippen molar-refractivity contribution >= 4 is 22.9 Å². The minimum Gasteiger partial charge on any atom is -0.346 e. The fourth-order valence-corrected chi connectivity index (χ4v) is 2.20. The molecule has 1 aromatic carbocycles. The molecule has 0 fully saturated rings. The van der Waals surface area contributed by atoms with Crippen LogP contribution in [0.3, 0.4) is 0 Å². The van der Waals surface area contributed by atoms with E-state index in [1.54, 1.807) is 11.6 Å². The summed E-state index contributed by atoms with van der Waals surface area (Å²) in [5, 5.41) is 4.91. The molecule has 21 heavy (non-hydrogen) atoms. The van der Waals surface area contributed by atoms with Gasteiger partial charge in [0.15, 0.2) is 0 Å². The van der Waals surface area contributed by atoms with Gasteiger partial charge in [0.2, 0.25) is 0 Å². The fourth-order valence-electron chi connectivity index (χ4n) is 1.64. The molecule has 0 saturated heterocycles. The van der Waals surface area contributed by atoms with Gasteiger partial charge < -0.3 is 10.7 Å². The number of carbonyl (C=O) groups is 1. The molecule has 0 radical (unpaired) electrons. The van der Waals surface area contributed by atoms with E-state index in [2.05, 4.69) is 10.3 Å². The predicted molar refractivity (Wildman–Crippen MR) is 72.5 cm³/mol. The Morgan fingerprint density at radius 2 is 2.14 bits per heavy atom. The number of halogens is 3. The highest BCUT2D eigenvalue weighted by Crippen LogP contribution is 2.35. The van der Waals surface area contributed by atoms with E-state index < -0.39 is 17.6 Å². The van der Waals surface area contributed by atoms with E-state index in [4.69, 9.17) is 5.84 Å². The summed E-state index contributed by atoms with van der Waals surface area (Å²) >= 11 is 1.34. The van der Waals surface area contributed by atoms with Crippen LogP contribution in [0.5, 0.6) is 0 Å². The monoisotopic (exact) mass is 316 g/mol. The van der Waals surface area contributed by atoms with Gasteiger partial charge in [-0.05, 0) is 18.2 Å². The van der Waals surface area contributed by atoms with E-state index >= 15 is 0 Å². The van der Waals surface area contributed by atoms with E-state index in [1.807, 2.05) is 5.43 Å². The third-order valence-corrected chi connectivity index (χ3v) is 3.41. The van der Waals surface area contributed by atoms with E-state index in [1.165, 1.54) is 17.4 Å². The minimum absolute atomic E-state index is 0.0992. The lowest BCUT2D eigenvalue weighted by atomic mass is 10.1. The zero-order valence-corrected chi connectivity index (χ0v) is 11.4. The second-order valence-corrected chi connectivity index (χ2v) is 4.99.